The third-order valence-electron chi connectivity index (χ3n) is 3.36. The number of thioether (sulfide) groups is 1. The number of carbonyl (C=O) groups excluding carboxylic acids is 1. The van der Waals surface area contributed by atoms with Crippen LogP contribution in [-0.4, -0.2) is 41.9 Å². The van der Waals surface area contributed by atoms with Crippen LogP contribution in [-0.2, 0) is 11.2 Å². The molecule has 0 saturated heterocycles. The van der Waals surface area contributed by atoms with Gasteiger partial charge in [0.15, 0.2) is 0 Å². The lowest BCUT2D eigenvalue weighted by atomic mass is 10.0. The van der Waals surface area contributed by atoms with E-state index in [4.69, 9.17) is 5.73 Å². The summed E-state index contributed by atoms with van der Waals surface area (Å²) >= 11 is 1.80. The van der Waals surface area contributed by atoms with Gasteiger partial charge in [0.1, 0.15) is 0 Å². The van der Waals surface area contributed by atoms with Gasteiger partial charge in [0.2, 0.25) is 5.91 Å². The monoisotopic (exact) mass is 280 g/mol. The van der Waals surface area contributed by atoms with Crippen LogP contribution in [0.15, 0.2) is 30.3 Å². The van der Waals surface area contributed by atoms with Gasteiger partial charge in [0.05, 0.1) is 6.04 Å². The van der Waals surface area contributed by atoms with Gasteiger partial charge < -0.3 is 10.6 Å². The Morgan fingerprint density at radius 3 is 2.58 bits per heavy atom. The zero-order valence-electron chi connectivity index (χ0n) is 12.0. The highest BCUT2D eigenvalue weighted by Gasteiger charge is 2.21. The number of amides is 1. The molecule has 1 aromatic carbocycles. The summed E-state index contributed by atoms with van der Waals surface area (Å²) < 4.78 is 0. The van der Waals surface area contributed by atoms with Crippen LogP contribution in [0.5, 0.6) is 0 Å². The first-order valence-corrected chi connectivity index (χ1v) is 8.00. The van der Waals surface area contributed by atoms with E-state index in [9.17, 15) is 4.79 Å². The summed E-state index contributed by atoms with van der Waals surface area (Å²) in [6.07, 6.45) is 3.68. The van der Waals surface area contributed by atoms with Crippen LogP contribution in [0, 0.1) is 0 Å². The summed E-state index contributed by atoms with van der Waals surface area (Å²) in [6, 6.07) is 9.70. The number of nitrogens with two attached hydrogens (primary N) is 1. The molecule has 0 fully saturated rings. The lowest BCUT2D eigenvalue weighted by Crippen LogP contribution is -2.46. The Labute approximate surface area is 120 Å². The summed E-state index contributed by atoms with van der Waals surface area (Å²) in [5.74, 6) is 1.09. The van der Waals surface area contributed by atoms with Crippen LogP contribution in [0.3, 0.4) is 0 Å². The van der Waals surface area contributed by atoms with E-state index in [0.717, 1.165) is 17.7 Å². The van der Waals surface area contributed by atoms with Crippen molar-refractivity contribution >= 4 is 17.7 Å². The molecule has 1 rings (SSSR count). The van der Waals surface area contributed by atoms with E-state index in [0.29, 0.717) is 6.42 Å². The largest absolute Gasteiger partial charge is 0.342 e. The molecule has 2 N–H and O–H groups in total. The molecule has 0 aliphatic carbocycles. The molecule has 0 heterocycles. The second-order valence-electron chi connectivity index (χ2n) is 4.88. The summed E-state index contributed by atoms with van der Waals surface area (Å²) in [6.45, 7) is 2.07. The van der Waals surface area contributed by atoms with Crippen molar-refractivity contribution in [1.82, 2.24) is 4.90 Å². The van der Waals surface area contributed by atoms with E-state index >= 15 is 0 Å². The SMILES string of the molecule is CSCCC(C)N(C)C(=O)[C@@H](N)Cc1ccccc1. The Bertz CT molecular complexity index is 383. The van der Waals surface area contributed by atoms with Crippen LogP contribution in [0.1, 0.15) is 18.9 Å². The van der Waals surface area contributed by atoms with Crippen LogP contribution >= 0.6 is 11.8 Å². The molecule has 1 amide bonds. The zero-order valence-corrected chi connectivity index (χ0v) is 12.8. The standard InChI is InChI=1S/C15H24N2OS/c1-12(9-10-19-3)17(2)15(18)14(16)11-13-7-5-4-6-8-13/h4-8,12,14H,9-11,16H2,1-3H3/t12?,14-/m0/s1. The van der Waals surface area contributed by atoms with E-state index in [2.05, 4.69) is 13.2 Å². The number of hydrogen-bond acceptors (Lipinski definition) is 3. The number of benzene rings is 1. The highest BCUT2D eigenvalue weighted by atomic mass is 32.2. The maximum absolute atomic E-state index is 12.2. The molecule has 0 aliphatic heterocycles. The first kappa shape index (κ1) is 16.1. The highest BCUT2D eigenvalue weighted by molar-refractivity contribution is 7.98. The van der Waals surface area contributed by atoms with Crippen molar-refractivity contribution in [3.63, 3.8) is 0 Å². The summed E-state index contributed by atoms with van der Waals surface area (Å²) in [4.78, 5) is 14.0. The van der Waals surface area contributed by atoms with Gasteiger partial charge in [0.25, 0.3) is 0 Å². The van der Waals surface area contributed by atoms with Crippen LogP contribution in [0.2, 0.25) is 0 Å². The predicted molar refractivity (Wildman–Crippen MR) is 83.4 cm³/mol. The number of carbonyl (C=O) groups is 1. The van der Waals surface area contributed by atoms with Crippen molar-refractivity contribution in [1.29, 1.82) is 0 Å². The van der Waals surface area contributed by atoms with Gasteiger partial charge >= 0.3 is 0 Å². The average Bonchev–Trinajstić information content (AvgIpc) is 2.44. The Morgan fingerprint density at radius 2 is 2.00 bits per heavy atom. The molecular formula is C15H24N2OS. The van der Waals surface area contributed by atoms with Crippen LogP contribution in [0.4, 0.5) is 0 Å². The maximum Gasteiger partial charge on any atom is 0.239 e. The number of nitrogens with zero attached hydrogens (tertiary/aromatic N) is 1. The Balaban J connectivity index is 2.51. The van der Waals surface area contributed by atoms with Crippen molar-refractivity contribution in [2.24, 2.45) is 5.73 Å². The van der Waals surface area contributed by atoms with Gasteiger partial charge in [-0.25, -0.2) is 0 Å². The Hall–Kier alpha value is -1.00. The summed E-state index contributed by atoms with van der Waals surface area (Å²) in [5.41, 5.74) is 7.13. The third-order valence-corrected chi connectivity index (χ3v) is 4.01. The second kappa shape index (κ2) is 8.23. The topological polar surface area (TPSA) is 46.3 Å². The van der Waals surface area contributed by atoms with Crippen molar-refractivity contribution in [3.8, 4) is 0 Å². The number of rotatable bonds is 7. The lowest BCUT2D eigenvalue weighted by Gasteiger charge is -2.27. The fraction of sp³-hybridized carbons (Fsp3) is 0.533. The van der Waals surface area contributed by atoms with E-state index in [-0.39, 0.29) is 11.9 Å². The molecule has 106 valence electrons. The summed E-state index contributed by atoms with van der Waals surface area (Å²) in [5, 5.41) is 0. The van der Waals surface area contributed by atoms with E-state index < -0.39 is 6.04 Å². The number of hydrogen-bond donors (Lipinski definition) is 1. The molecule has 2 atom stereocenters. The minimum Gasteiger partial charge on any atom is -0.342 e. The van der Waals surface area contributed by atoms with Crippen molar-refractivity contribution in [3.05, 3.63) is 35.9 Å². The molecule has 0 saturated carbocycles. The van der Waals surface area contributed by atoms with Crippen molar-refractivity contribution in [2.45, 2.75) is 31.8 Å². The number of likely N-dealkylation sites (N-methyl/N-ethyl adjacent to an activating group) is 1. The first-order chi connectivity index (χ1) is 9.06. The molecule has 0 aromatic heterocycles. The molecule has 1 unspecified atom stereocenters. The minimum atomic E-state index is -0.455. The molecule has 0 radical (unpaired) electrons. The normalized spacial score (nSPS) is 13.9. The van der Waals surface area contributed by atoms with E-state index in [1.54, 1.807) is 16.7 Å². The smallest absolute Gasteiger partial charge is 0.239 e. The molecule has 0 spiro atoms. The van der Waals surface area contributed by atoms with Crippen LogP contribution in [0.25, 0.3) is 0 Å². The van der Waals surface area contributed by atoms with Gasteiger partial charge in [-0.05, 0) is 37.3 Å². The molecule has 4 heteroatoms. The second-order valence-corrected chi connectivity index (χ2v) is 5.86. The van der Waals surface area contributed by atoms with Gasteiger partial charge in [-0.2, -0.15) is 11.8 Å². The summed E-state index contributed by atoms with van der Waals surface area (Å²) in [7, 11) is 1.85. The Morgan fingerprint density at radius 1 is 1.37 bits per heavy atom. The molecule has 0 aliphatic rings. The van der Waals surface area contributed by atoms with Crippen molar-refractivity contribution in [2.75, 3.05) is 19.1 Å². The quantitative estimate of drug-likeness (QED) is 0.832. The van der Waals surface area contributed by atoms with E-state index in [1.807, 2.05) is 37.4 Å². The molecule has 0 bridgehead atoms. The van der Waals surface area contributed by atoms with Crippen molar-refractivity contribution < 1.29 is 4.79 Å². The van der Waals surface area contributed by atoms with Gasteiger partial charge in [-0.1, -0.05) is 30.3 Å². The van der Waals surface area contributed by atoms with Gasteiger partial charge in [0, 0.05) is 13.1 Å². The van der Waals surface area contributed by atoms with Crippen LogP contribution < -0.4 is 5.73 Å². The highest BCUT2D eigenvalue weighted by Crippen LogP contribution is 2.09. The maximum atomic E-state index is 12.2. The zero-order chi connectivity index (χ0) is 14.3. The fourth-order valence-electron chi connectivity index (χ4n) is 1.92. The fourth-order valence-corrected chi connectivity index (χ4v) is 2.49. The molecule has 19 heavy (non-hydrogen) atoms. The molecule has 1 aromatic rings. The minimum absolute atomic E-state index is 0.0254. The van der Waals surface area contributed by atoms with E-state index in [1.165, 1.54) is 0 Å². The molecule has 3 nitrogen and oxygen atoms in total. The first-order valence-electron chi connectivity index (χ1n) is 6.61. The average molecular weight is 280 g/mol. The molecular weight excluding hydrogens is 256 g/mol. The lowest BCUT2D eigenvalue weighted by molar-refractivity contribution is -0.133. The van der Waals surface area contributed by atoms with Gasteiger partial charge in [-0.3, -0.25) is 4.79 Å². The van der Waals surface area contributed by atoms with Gasteiger partial charge in [-0.15, -0.1) is 0 Å². The third kappa shape index (κ3) is 5.25. The predicted octanol–water partition coefficient (Wildman–Crippen LogP) is 2.16. The Kier molecular flexibility index (Phi) is 6.95.